The quantitative estimate of drug-likeness (QED) is 0.737. The zero-order valence-corrected chi connectivity index (χ0v) is 9.01. The second-order valence-electron chi connectivity index (χ2n) is 3.00. The molecule has 0 saturated carbocycles. The fourth-order valence-corrected chi connectivity index (χ4v) is 1.76. The van der Waals surface area contributed by atoms with Crippen LogP contribution >= 0.6 is 15.9 Å². The summed E-state index contributed by atoms with van der Waals surface area (Å²) in [5.74, 6) is 0.237. The lowest BCUT2D eigenvalue weighted by molar-refractivity contribution is 0.457. The van der Waals surface area contributed by atoms with Gasteiger partial charge in [0.05, 0.1) is 0 Å². The van der Waals surface area contributed by atoms with Gasteiger partial charge in [-0.1, -0.05) is 15.9 Å². The average molecular weight is 245 g/mol. The van der Waals surface area contributed by atoms with Crippen LogP contribution in [0.15, 0.2) is 16.6 Å². The molecule has 1 atom stereocenters. The summed E-state index contributed by atoms with van der Waals surface area (Å²) in [6.45, 7) is 2.15. The van der Waals surface area contributed by atoms with Crippen LogP contribution in [-0.2, 0) is 0 Å². The Balaban J connectivity index is 3.20. The van der Waals surface area contributed by atoms with Gasteiger partial charge in [0, 0.05) is 22.6 Å². The molecule has 0 aliphatic rings. The Kier molecular flexibility index (Phi) is 3.30. The third-order valence-corrected chi connectivity index (χ3v) is 2.41. The molecule has 0 amide bonds. The van der Waals surface area contributed by atoms with Crippen molar-refractivity contribution in [3.63, 3.8) is 0 Å². The molecule has 0 spiro atoms. The minimum Gasteiger partial charge on any atom is -0.507 e. The Morgan fingerprint density at radius 2 is 2.15 bits per heavy atom. The molecular formula is C9H13BrN2O. The van der Waals surface area contributed by atoms with E-state index in [1.165, 1.54) is 0 Å². The van der Waals surface area contributed by atoms with Gasteiger partial charge in [0.15, 0.2) is 0 Å². The van der Waals surface area contributed by atoms with E-state index in [1.807, 2.05) is 13.0 Å². The van der Waals surface area contributed by atoms with Crippen LogP contribution in [0, 0.1) is 6.92 Å². The molecule has 1 aromatic rings. The minimum atomic E-state index is -0.309. The second kappa shape index (κ2) is 4.09. The average Bonchev–Trinajstić information content (AvgIpc) is 2.10. The highest BCUT2D eigenvalue weighted by Crippen LogP contribution is 2.29. The first-order valence-corrected chi connectivity index (χ1v) is 4.80. The monoisotopic (exact) mass is 244 g/mol. The van der Waals surface area contributed by atoms with Gasteiger partial charge in [-0.2, -0.15) is 0 Å². The minimum absolute atomic E-state index is 0.237. The topological polar surface area (TPSA) is 72.3 Å². The van der Waals surface area contributed by atoms with Crippen LogP contribution in [0.5, 0.6) is 5.75 Å². The second-order valence-corrected chi connectivity index (χ2v) is 3.92. The fourth-order valence-electron chi connectivity index (χ4n) is 1.17. The van der Waals surface area contributed by atoms with Crippen molar-refractivity contribution < 1.29 is 5.11 Å². The third kappa shape index (κ3) is 2.21. The third-order valence-electron chi connectivity index (χ3n) is 1.95. The van der Waals surface area contributed by atoms with Crippen LogP contribution in [0.25, 0.3) is 0 Å². The number of aryl methyl sites for hydroxylation is 1. The van der Waals surface area contributed by atoms with Crippen molar-refractivity contribution in [2.45, 2.75) is 13.0 Å². The molecule has 4 heteroatoms. The van der Waals surface area contributed by atoms with E-state index in [-0.39, 0.29) is 11.8 Å². The summed E-state index contributed by atoms with van der Waals surface area (Å²) in [5.41, 5.74) is 12.6. The van der Waals surface area contributed by atoms with Crippen LogP contribution in [0.2, 0.25) is 0 Å². The Labute approximate surface area is 85.9 Å². The van der Waals surface area contributed by atoms with E-state index in [0.717, 1.165) is 10.0 Å². The number of benzene rings is 1. The molecule has 0 heterocycles. The summed E-state index contributed by atoms with van der Waals surface area (Å²) in [4.78, 5) is 0. The standard InChI is InChI=1S/C9H13BrN2O/c1-5-2-6(10)3-7(9(5)13)8(12)4-11/h2-3,8,13H,4,11-12H2,1H3/t8-/m1/s1. The normalized spacial score (nSPS) is 12.9. The van der Waals surface area contributed by atoms with Gasteiger partial charge < -0.3 is 16.6 Å². The molecule has 3 nitrogen and oxygen atoms in total. The van der Waals surface area contributed by atoms with Crippen molar-refractivity contribution in [2.24, 2.45) is 11.5 Å². The Morgan fingerprint density at radius 3 is 2.69 bits per heavy atom. The lowest BCUT2D eigenvalue weighted by Gasteiger charge is -2.13. The van der Waals surface area contributed by atoms with Gasteiger partial charge in [-0.25, -0.2) is 0 Å². The summed E-state index contributed by atoms with van der Waals surface area (Å²) in [5, 5.41) is 9.67. The van der Waals surface area contributed by atoms with E-state index in [2.05, 4.69) is 15.9 Å². The largest absolute Gasteiger partial charge is 0.507 e. The Morgan fingerprint density at radius 1 is 1.54 bits per heavy atom. The molecule has 1 aromatic carbocycles. The highest BCUT2D eigenvalue weighted by atomic mass is 79.9. The van der Waals surface area contributed by atoms with Crippen molar-refractivity contribution in [2.75, 3.05) is 6.54 Å². The first-order valence-electron chi connectivity index (χ1n) is 4.01. The number of phenolic OH excluding ortho intramolecular Hbond substituents is 1. The summed E-state index contributed by atoms with van der Waals surface area (Å²) in [7, 11) is 0. The van der Waals surface area contributed by atoms with Gasteiger partial charge in [-0.05, 0) is 24.6 Å². The number of hydrogen-bond donors (Lipinski definition) is 3. The summed E-state index contributed by atoms with van der Waals surface area (Å²) >= 11 is 3.34. The van der Waals surface area contributed by atoms with E-state index in [9.17, 15) is 5.11 Å². The molecule has 0 bridgehead atoms. The Bertz CT molecular complexity index is 315. The van der Waals surface area contributed by atoms with Gasteiger partial charge >= 0.3 is 0 Å². The molecule has 1 rings (SSSR count). The van der Waals surface area contributed by atoms with Crippen molar-refractivity contribution in [1.29, 1.82) is 0 Å². The molecule has 0 unspecified atom stereocenters. The van der Waals surface area contributed by atoms with Gasteiger partial charge in [-0.15, -0.1) is 0 Å². The van der Waals surface area contributed by atoms with Gasteiger partial charge in [0.1, 0.15) is 5.75 Å². The number of phenols is 1. The molecule has 72 valence electrons. The van der Waals surface area contributed by atoms with E-state index in [4.69, 9.17) is 11.5 Å². The Hall–Kier alpha value is -0.580. The molecule has 0 aliphatic carbocycles. The molecule has 0 aromatic heterocycles. The molecule has 0 saturated heterocycles. The highest BCUT2D eigenvalue weighted by molar-refractivity contribution is 9.10. The zero-order valence-electron chi connectivity index (χ0n) is 7.42. The smallest absolute Gasteiger partial charge is 0.123 e. The molecule has 13 heavy (non-hydrogen) atoms. The SMILES string of the molecule is Cc1cc(Br)cc([C@H](N)CN)c1O. The number of hydrogen-bond acceptors (Lipinski definition) is 3. The van der Waals surface area contributed by atoms with Crippen LogP contribution in [0.4, 0.5) is 0 Å². The number of rotatable bonds is 2. The van der Waals surface area contributed by atoms with E-state index >= 15 is 0 Å². The summed E-state index contributed by atoms with van der Waals surface area (Å²) < 4.78 is 0.904. The fraction of sp³-hybridized carbons (Fsp3) is 0.333. The van der Waals surface area contributed by atoms with Crippen LogP contribution < -0.4 is 11.5 Å². The van der Waals surface area contributed by atoms with Crippen LogP contribution in [-0.4, -0.2) is 11.7 Å². The first kappa shape index (κ1) is 10.5. The number of aromatic hydroxyl groups is 1. The predicted octanol–water partition coefficient (Wildman–Crippen LogP) is 1.42. The maximum atomic E-state index is 9.67. The summed E-state index contributed by atoms with van der Waals surface area (Å²) in [6, 6.07) is 3.32. The van der Waals surface area contributed by atoms with E-state index in [0.29, 0.717) is 12.1 Å². The lowest BCUT2D eigenvalue weighted by atomic mass is 10.0. The van der Waals surface area contributed by atoms with Crippen molar-refractivity contribution in [1.82, 2.24) is 0 Å². The van der Waals surface area contributed by atoms with E-state index in [1.54, 1.807) is 6.07 Å². The van der Waals surface area contributed by atoms with Gasteiger partial charge in [0.2, 0.25) is 0 Å². The molecule has 0 fully saturated rings. The van der Waals surface area contributed by atoms with Gasteiger partial charge in [-0.3, -0.25) is 0 Å². The highest BCUT2D eigenvalue weighted by Gasteiger charge is 2.11. The number of halogens is 1. The molecular weight excluding hydrogens is 232 g/mol. The maximum Gasteiger partial charge on any atom is 0.123 e. The molecule has 0 radical (unpaired) electrons. The van der Waals surface area contributed by atoms with Gasteiger partial charge in [0.25, 0.3) is 0 Å². The molecule has 5 N–H and O–H groups in total. The zero-order chi connectivity index (χ0) is 10.0. The van der Waals surface area contributed by atoms with Crippen molar-refractivity contribution >= 4 is 15.9 Å². The van der Waals surface area contributed by atoms with Crippen LogP contribution in [0.3, 0.4) is 0 Å². The summed E-state index contributed by atoms with van der Waals surface area (Å²) in [6.07, 6.45) is 0. The predicted molar refractivity (Wildman–Crippen MR) is 56.5 cm³/mol. The lowest BCUT2D eigenvalue weighted by Crippen LogP contribution is -2.21. The van der Waals surface area contributed by atoms with E-state index < -0.39 is 0 Å². The number of nitrogens with two attached hydrogens (primary N) is 2. The first-order chi connectivity index (χ1) is 6.06. The van der Waals surface area contributed by atoms with Crippen molar-refractivity contribution in [3.8, 4) is 5.75 Å². The van der Waals surface area contributed by atoms with Crippen molar-refractivity contribution in [3.05, 3.63) is 27.7 Å². The molecule has 0 aliphatic heterocycles. The maximum absolute atomic E-state index is 9.67. The van der Waals surface area contributed by atoms with Crippen LogP contribution in [0.1, 0.15) is 17.2 Å².